The summed E-state index contributed by atoms with van der Waals surface area (Å²) in [5.74, 6) is 0. The molecule has 7 heteroatoms. The molecule has 1 aliphatic rings. The van der Waals surface area contributed by atoms with Crippen molar-refractivity contribution in [3.63, 3.8) is 0 Å². The van der Waals surface area contributed by atoms with E-state index in [9.17, 15) is 13.2 Å². The third-order valence-electron chi connectivity index (χ3n) is 3.23. The van der Waals surface area contributed by atoms with Gasteiger partial charge in [0, 0.05) is 13.1 Å². The van der Waals surface area contributed by atoms with Crippen LogP contribution in [-0.2, 0) is 19.0 Å². The van der Waals surface area contributed by atoms with Gasteiger partial charge in [-0.05, 0) is 33.1 Å². The number of hydrogen-bond donors (Lipinski definition) is 0. The number of likely N-dealkylation sites (tertiary alicyclic amines) is 1. The van der Waals surface area contributed by atoms with Gasteiger partial charge in [-0.3, -0.25) is 4.18 Å². The lowest BCUT2D eigenvalue weighted by Crippen LogP contribution is -2.44. The van der Waals surface area contributed by atoms with Gasteiger partial charge >= 0.3 is 6.09 Å². The topological polar surface area (TPSA) is 72.9 Å². The zero-order valence-electron chi connectivity index (χ0n) is 12.0. The van der Waals surface area contributed by atoms with Crippen molar-refractivity contribution in [2.24, 2.45) is 0 Å². The summed E-state index contributed by atoms with van der Waals surface area (Å²) in [6.07, 6.45) is 2.12. The maximum Gasteiger partial charge on any atom is 0.410 e. The van der Waals surface area contributed by atoms with Crippen molar-refractivity contribution < 1.29 is 22.1 Å². The van der Waals surface area contributed by atoms with E-state index in [-0.39, 0.29) is 12.2 Å². The first-order valence-electron chi connectivity index (χ1n) is 6.49. The van der Waals surface area contributed by atoms with Gasteiger partial charge in [0.05, 0.1) is 12.4 Å². The molecule has 19 heavy (non-hydrogen) atoms. The zero-order chi connectivity index (χ0) is 14.7. The average molecular weight is 293 g/mol. The van der Waals surface area contributed by atoms with Gasteiger partial charge < -0.3 is 9.64 Å². The summed E-state index contributed by atoms with van der Waals surface area (Å²) in [5, 5.41) is 0. The molecule has 0 unspecified atom stereocenters. The fourth-order valence-electron chi connectivity index (χ4n) is 1.75. The Morgan fingerprint density at radius 3 is 2.26 bits per heavy atom. The number of carbonyl (C=O) groups excluding carboxylic acids is 1. The van der Waals surface area contributed by atoms with Gasteiger partial charge in [0.25, 0.3) is 10.1 Å². The van der Waals surface area contributed by atoms with Crippen LogP contribution >= 0.6 is 0 Å². The summed E-state index contributed by atoms with van der Waals surface area (Å²) in [5.41, 5.74) is -0.475. The Hall–Kier alpha value is -0.820. The van der Waals surface area contributed by atoms with E-state index in [1.54, 1.807) is 4.90 Å². The second-order valence-corrected chi connectivity index (χ2v) is 7.07. The fourth-order valence-corrected chi connectivity index (χ4v) is 2.44. The Morgan fingerprint density at radius 2 is 1.84 bits per heavy atom. The molecular formula is C12H23NO5S. The molecular weight excluding hydrogens is 270 g/mol. The molecule has 1 fully saturated rings. The van der Waals surface area contributed by atoms with Crippen molar-refractivity contribution in [3.8, 4) is 0 Å². The molecule has 112 valence electrons. The van der Waals surface area contributed by atoms with E-state index in [1.807, 2.05) is 20.8 Å². The largest absolute Gasteiger partial charge is 0.443 e. The maximum absolute atomic E-state index is 11.9. The van der Waals surface area contributed by atoms with Crippen molar-refractivity contribution in [2.45, 2.75) is 51.7 Å². The van der Waals surface area contributed by atoms with Crippen LogP contribution in [0.5, 0.6) is 0 Å². The molecule has 0 bridgehead atoms. The number of carbonyl (C=O) groups is 1. The first-order chi connectivity index (χ1) is 8.63. The van der Waals surface area contributed by atoms with Crippen LogP contribution in [0.3, 0.4) is 0 Å². The number of piperidine rings is 1. The van der Waals surface area contributed by atoms with Crippen LogP contribution in [0.4, 0.5) is 4.79 Å². The summed E-state index contributed by atoms with van der Waals surface area (Å²) in [6, 6.07) is 0. The van der Waals surface area contributed by atoms with Crippen molar-refractivity contribution >= 4 is 16.2 Å². The lowest BCUT2D eigenvalue weighted by atomic mass is 10.1. The first-order valence-corrected chi connectivity index (χ1v) is 8.31. The van der Waals surface area contributed by atoms with E-state index in [0.717, 1.165) is 12.7 Å². The molecule has 1 saturated heterocycles. The van der Waals surface area contributed by atoms with Crippen LogP contribution < -0.4 is 0 Å². The molecule has 0 N–H and O–H groups in total. The zero-order valence-corrected chi connectivity index (χ0v) is 12.8. The average Bonchev–Trinajstić information content (AvgIpc) is 2.27. The van der Waals surface area contributed by atoms with Crippen molar-refractivity contribution in [2.75, 3.05) is 19.3 Å². The predicted molar refractivity (Wildman–Crippen MR) is 71.4 cm³/mol. The Labute approximate surface area is 115 Å². The minimum atomic E-state index is -3.43. The van der Waals surface area contributed by atoms with Gasteiger partial charge in [0.2, 0.25) is 0 Å². The molecule has 0 aliphatic carbocycles. The third-order valence-corrected chi connectivity index (χ3v) is 3.85. The summed E-state index contributed by atoms with van der Waals surface area (Å²) in [6.45, 7) is 6.60. The molecule has 0 aromatic carbocycles. The smallest absolute Gasteiger partial charge is 0.410 e. The molecule has 0 saturated carbocycles. The highest BCUT2D eigenvalue weighted by Gasteiger charge is 2.29. The van der Waals surface area contributed by atoms with Crippen molar-refractivity contribution in [1.29, 1.82) is 0 Å². The highest BCUT2D eigenvalue weighted by molar-refractivity contribution is 7.86. The highest BCUT2D eigenvalue weighted by atomic mass is 32.2. The summed E-state index contributed by atoms with van der Waals surface area (Å²) >= 11 is 0. The minimum absolute atomic E-state index is 0.335. The molecule has 1 aliphatic heterocycles. The molecule has 0 aromatic rings. The van der Waals surface area contributed by atoms with E-state index >= 15 is 0 Å². The number of ether oxygens (including phenoxy) is 1. The Morgan fingerprint density at radius 1 is 1.32 bits per heavy atom. The van der Waals surface area contributed by atoms with Crippen LogP contribution in [0.1, 0.15) is 40.0 Å². The van der Waals surface area contributed by atoms with E-state index in [1.165, 1.54) is 0 Å². The quantitative estimate of drug-likeness (QED) is 0.738. The Bertz CT molecular complexity index is 410. The molecule has 1 heterocycles. The van der Waals surface area contributed by atoms with E-state index in [4.69, 9.17) is 8.92 Å². The van der Waals surface area contributed by atoms with Crippen LogP contribution in [-0.4, -0.2) is 50.5 Å². The van der Waals surface area contributed by atoms with Gasteiger partial charge in [-0.2, -0.15) is 8.42 Å². The molecule has 0 atom stereocenters. The molecule has 1 amide bonds. The highest BCUT2D eigenvalue weighted by Crippen LogP contribution is 2.20. The second kappa shape index (κ2) is 6.09. The normalized spacial score (nSPS) is 18.4. The van der Waals surface area contributed by atoms with E-state index < -0.39 is 15.7 Å². The molecule has 6 nitrogen and oxygen atoms in total. The summed E-state index contributed by atoms with van der Waals surface area (Å²) in [7, 11) is -3.43. The summed E-state index contributed by atoms with van der Waals surface area (Å²) in [4.78, 5) is 13.5. The third kappa shape index (κ3) is 5.78. The number of amides is 1. The van der Waals surface area contributed by atoms with Crippen molar-refractivity contribution in [1.82, 2.24) is 4.90 Å². The lowest BCUT2D eigenvalue weighted by Gasteiger charge is -2.33. The van der Waals surface area contributed by atoms with Gasteiger partial charge in [-0.25, -0.2) is 4.79 Å². The molecule has 1 rings (SSSR count). The number of nitrogens with zero attached hydrogens (tertiary/aromatic N) is 1. The van der Waals surface area contributed by atoms with Crippen LogP contribution in [0.15, 0.2) is 0 Å². The second-order valence-electron chi connectivity index (χ2n) is 5.47. The van der Waals surface area contributed by atoms with Gasteiger partial charge in [0.1, 0.15) is 5.60 Å². The van der Waals surface area contributed by atoms with Crippen LogP contribution in [0, 0.1) is 0 Å². The van der Waals surface area contributed by atoms with Gasteiger partial charge in [0.15, 0.2) is 0 Å². The van der Waals surface area contributed by atoms with Gasteiger partial charge in [-0.15, -0.1) is 0 Å². The lowest BCUT2D eigenvalue weighted by molar-refractivity contribution is 0.00184. The molecule has 0 aromatic heterocycles. The standard InChI is InChI=1S/C12H23NO5S/c1-5-12(2,3)17-11(14)13-8-6-10(7-9-13)18-19(4,15)16/h10H,5-9H2,1-4H3. The minimum Gasteiger partial charge on any atom is -0.443 e. The fraction of sp³-hybridized carbons (Fsp3) is 0.917. The first kappa shape index (κ1) is 16.2. The molecule has 0 spiro atoms. The monoisotopic (exact) mass is 293 g/mol. The van der Waals surface area contributed by atoms with Crippen LogP contribution in [0.2, 0.25) is 0 Å². The van der Waals surface area contributed by atoms with Crippen molar-refractivity contribution in [3.05, 3.63) is 0 Å². The Balaban J connectivity index is 2.44. The van der Waals surface area contributed by atoms with Crippen LogP contribution in [0.25, 0.3) is 0 Å². The maximum atomic E-state index is 11.9. The number of hydrogen-bond acceptors (Lipinski definition) is 5. The number of rotatable bonds is 4. The van der Waals surface area contributed by atoms with E-state index in [2.05, 4.69) is 0 Å². The Kier molecular flexibility index (Phi) is 5.20. The van der Waals surface area contributed by atoms with E-state index in [0.29, 0.717) is 25.9 Å². The van der Waals surface area contributed by atoms with Gasteiger partial charge in [-0.1, -0.05) is 6.92 Å². The predicted octanol–water partition coefficient (Wildman–Crippen LogP) is 1.75. The molecule has 0 radical (unpaired) electrons. The SMILES string of the molecule is CCC(C)(C)OC(=O)N1CCC(OS(C)(=O)=O)CC1. The summed E-state index contributed by atoms with van der Waals surface area (Å²) < 4.78 is 32.3.